The van der Waals surface area contributed by atoms with Crippen molar-refractivity contribution in [2.75, 3.05) is 32.1 Å². The van der Waals surface area contributed by atoms with Gasteiger partial charge < -0.3 is 4.90 Å². The van der Waals surface area contributed by atoms with Crippen LogP contribution in [0.5, 0.6) is 0 Å². The molecule has 1 aromatic heterocycles. The Morgan fingerprint density at radius 3 is 2.56 bits per heavy atom. The molecule has 0 aliphatic carbocycles. The second-order valence-electron chi connectivity index (χ2n) is 6.23. The molecule has 144 valence electrons. The van der Waals surface area contributed by atoms with Crippen LogP contribution in [0.15, 0.2) is 42.5 Å². The van der Waals surface area contributed by atoms with E-state index in [1.54, 1.807) is 11.0 Å². The average Bonchev–Trinajstić information content (AvgIpc) is 2.99. The third kappa shape index (κ3) is 5.56. The largest absolute Gasteiger partial charge is 0.308 e. The van der Waals surface area contributed by atoms with Gasteiger partial charge in [0.05, 0.1) is 16.6 Å². The third-order valence-corrected chi connectivity index (χ3v) is 5.59. The van der Waals surface area contributed by atoms with Crippen LogP contribution in [0, 0.1) is 0 Å². The zero-order valence-corrected chi connectivity index (χ0v) is 18.1. The van der Waals surface area contributed by atoms with Gasteiger partial charge in [0.25, 0.3) is 0 Å². The lowest BCUT2D eigenvalue weighted by Crippen LogP contribution is -2.37. The number of carbonyl (C=O) groups is 1. The van der Waals surface area contributed by atoms with Crippen LogP contribution in [0.4, 0.5) is 5.13 Å². The first kappa shape index (κ1) is 21.9. The van der Waals surface area contributed by atoms with Crippen molar-refractivity contribution in [1.82, 2.24) is 9.88 Å². The minimum atomic E-state index is -0.0231. The lowest BCUT2D eigenvalue weighted by molar-refractivity contribution is -0.118. The first-order valence-corrected chi connectivity index (χ1v) is 9.76. The van der Waals surface area contributed by atoms with Crippen LogP contribution in [-0.4, -0.2) is 43.0 Å². The Labute approximate surface area is 179 Å². The molecule has 0 unspecified atom stereocenters. The molecule has 3 rings (SSSR count). The van der Waals surface area contributed by atoms with E-state index in [2.05, 4.69) is 4.98 Å². The number of halogens is 3. The number of hydrogen-bond donors (Lipinski definition) is 0. The van der Waals surface area contributed by atoms with Crippen molar-refractivity contribution in [3.8, 4) is 0 Å². The van der Waals surface area contributed by atoms with E-state index in [4.69, 9.17) is 23.2 Å². The molecular weight excluding hydrogens is 425 g/mol. The normalized spacial score (nSPS) is 10.9. The number of anilines is 1. The van der Waals surface area contributed by atoms with Crippen LogP contribution in [0.1, 0.15) is 5.56 Å². The van der Waals surface area contributed by atoms with E-state index < -0.39 is 0 Å². The molecule has 0 atom stereocenters. The first-order chi connectivity index (χ1) is 12.4. The molecule has 0 saturated heterocycles. The molecule has 3 aromatic rings. The average molecular weight is 445 g/mol. The summed E-state index contributed by atoms with van der Waals surface area (Å²) in [6.45, 7) is 1.30. The standard InChI is InChI=1S/C19H19Cl2N3OS.ClH/c1-23(2)9-10-24(18(25)11-13-5-3-4-6-15(13)21)19-22-16-8-7-14(20)12-17(16)26-19;/h3-8,12H,9-11H2,1-2H3;1H. The van der Waals surface area contributed by atoms with Gasteiger partial charge in [-0.05, 0) is 43.9 Å². The van der Waals surface area contributed by atoms with Gasteiger partial charge in [0.1, 0.15) is 0 Å². The second-order valence-corrected chi connectivity index (χ2v) is 8.08. The van der Waals surface area contributed by atoms with E-state index in [0.29, 0.717) is 21.7 Å². The molecule has 0 radical (unpaired) electrons. The fourth-order valence-corrected chi connectivity index (χ4v) is 4.02. The maximum absolute atomic E-state index is 13.0. The second kappa shape index (κ2) is 9.71. The number of carbonyl (C=O) groups excluding carboxylic acids is 1. The van der Waals surface area contributed by atoms with Gasteiger partial charge in [-0.2, -0.15) is 0 Å². The highest BCUT2D eigenvalue weighted by atomic mass is 35.5. The molecule has 8 heteroatoms. The van der Waals surface area contributed by atoms with Crippen LogP contribution in [-0.2, 0) is 11.2 Å². The van der Waals surface area contributed by atoms with Gasteiger partial charge in [0.15, 0.2) is 5.13 Å². The highest BCUT2D eigenvalue weighted by Gasteiger charge is 2.21. The highest BCUT2D eigenvalue weighted by Crippen LogP contribution is 2.31. The van der Waals surface area contributed by atoms with Crippen molar-refractivity contribution in [3.05, 3.63) is 58.1 Å². The summed E-state index contributed by atoms with van der Waals surface area (Å²) in [6.07, 6.45) is 0.240. The summed E-state index contributed by atoms with van der Waals surface area (Å²) in [5.41, 5.74) is 1.66. The SMILES string of the molecule is CN(C)CCN(C(=O)Cc1ccccc1Cl)c1nc2ccc(Cl)cc2s1.Cl. The van der Waals surface area contributed by atoms with Gasteiger partial charge in [-0.25, -0.2) is 4.98 Å². The Kier molecular flexibility index (Phi) is 7.89. The number of benzene rings is 2. The topological polar surface area (TPSA) is 36.4 Å². The number of nitrogens with zero attached hydrogens (tertiary/aromatic N) is 3. The molecule has 1 amide bonds. The number of thiazole rings is 1. The molecular formula is C19H20Cl3N3OS. The number of amides is 1. The predicted molar refractivity (Wildman–Crippen MR) is 118 cm³/mol. The number of rotatable bonds is 6. The van der Waals surface area contributed by atoms with Crippen molar-refractivity contribution >= 4 is 68.2 Å². The van der Waals surface area contributed by atoms with Gasteiger partial charge in [-0.15, -0.1) is 12.4 Å². The minimum Gasteiger partial charge on any atom is -0.308 e. The van der Waals surface area contributed by atoms with Crippen molar-refractivity contribution in [1.29, 1.82) is 0 Å². The maximum atomic E-state index is 13.0. The summed E-state index contributed by atoms with van der Waals surface area (Å²) in [7, 11) is 3.96. The number of fused-ring (bicyclic) bond motifs is 1. The molecule has 0 fully saturated rings. The molecule has 0 bridgehead atoms. The molecule has 1 heterocycles. The summed E-state index contributed by atoms with van der Waals surface area (Å²) in [5.74, 6) is -0.0231. The lowest BCUT2D eigenvalue weighted by atomic mass is 10.1. The van der Waals surface area contributed by atoms with Crippen molar-refractivity contribution in [3.63, 3.8) is 0 Å². The van der Waals surface area contributed by atoms with E-state index >= 15 is 0 Å². The van der Waals surface area contributed by atoms with Gasteiger partial charge >= 0.3 is 0 Å². The van der Waals surface area contributed by atoms with E-state index in [9.17, 15) is 4.79 Å². The molecule has 0 N–H and O–H groups in total. The summed E-state index contributed by atoms with van der Waals surface area (Å²) < 4.78 is 0.966. The Morgan fingerprint density at radius 1 is 1.11 bits per heavy atom. The Balaban J connectivity index is 0.00000261. The smallest absolute Gasteiger partial charge is 0.233 e. The Morgan fingerprint density at radius 2 is 1.85 bits per heavy atom. The van der Waals surface area contributed by atoms with Crippen LogP contribution in [0.25, 0.3) is 10.2 Å². The molecule has 0 spiro atoms. The quantitative estimate of drug-likeness (QED) is 0.527. The molecule has 27 heavy (non-hydrogen) atoms. The number of aromatic nitrogens is 1. The third-order valence-electron chi connectivity index (χ3n) is 3.94. The van der Waals surface area contributed by atoms with Crippen LogP contribution < -0.4 is 4.90 Å². The predicted octanol–water partition coefficient (Wildman–Crippen LogP) is 5.16. The van der Waals surface area contributed by atoms with Crippen molar-refractivity contribution < 1.29 is 4.79 Å². The fourth-order valence-electron chi connectivity index (χ4n) is 2.53. The first-order valence-electron chi connectivity index (χ1n) is 8.18. The van der Waals surface area contributed by atoms with Gasteiger partial charge in [-0.1, -0.05) is 52.7 Å². The lowest BCUT2D eigenvalue weighted by Gasteiger charge is -2.22. The minimum absolute atomic E-state index is 0. The fraction of sp³-hybridized carbons (Fsp3) is 0.263. The van der Waals surface area contributed by atoms with Gasteiger partial charge in [-0.3, -0.25) is 9.69 Å². The monoisotopic (exact) mass is 443 g/mol. The van der Waals surface area contributed by atoms with Gasteiger partial charge in [0, 0.05) is 23.1 Å². The summed E-state index contributed by atoms with van der Waals surface area (Å²) in [5, 5.41) is 1.94. The zero-order valence-electron chi connectivity index (χ0n) is 15.0. The Bertz CT molecular complexity index is 929. The maximum Gasteiger partial charge on any atom is 0.233 e. The molecule has 4 nitrogen and oxygen atoms in total. The number of likely N-dealkylation sites (N-methyl/N-ethyl adjacent to an activating group) is 1. The number of hydrogen-bond acceptors (Lipinski definition) is 4. The van der Waals surface area contributed by atoms with Crippen molar-refractivity contribution in [2.24, 2.45) is 0 Å². The van der Waals surface area contributed by atoms with E-state index in [1.165, 1.54) is 11.3 Å². The van der Waals surface area contributed by atoms with Crippen LogP contribution in [0.3, 0.4) is 0 Å². The molecule has 0 aliphatic heterocycles. The summed E-state index contributed by atoms with van der Waals surface area (Å²) in [6, 6.07) is 13.0. The van der Waals surface area contributed by atoms with Crippen LogP contribution >= 0.6 is 46.9 Å². The van der Waals surface area contributed by atoms with Crippen molar-refractivity contribution in [2.45, 2.75) is 6.42 Å². The van der Waals surface area contributed by atoms with E-state index in [1.807, 2.05) is 55.4 Å². The Hall–Kier alpha value is -1.37. The molecule has 2 aromatic carbocycles. The van der Waals surface area contributed by atoms with Crippen LogP contribution in [0.2, 0.25) is 10.0 Å². The summed E-state index contributed by atoms with van der Waals surface area (Å²) >= 11 is 13.8. The summed E-state index contributed by atoms with van der Waals surface area (Å²) in [4.78, 5) is 21.4. The highest BCUT2D eigenvalue weighted by molar-refractivity contribution is 7.22. The van der Waals surface area contributed by atoms with Gasteiger partial charge in [0.2, 0.25) is 5.91 Å². The zero-order chi connectivity index (χ0) is 18.7. The molecule has 0 saturated carbocycles. The van der Waals surface area contributed by atoms with E-state index in [-0.39, 0.29) is 24.7 Å². The molecule has 0 aliphatic rings. The van der Waals surface area contributed by atoms with E-state index in [0.717, 1.165) is 22.3 Å².